The number of carbonyl (C=O) groups is 2. The van der Waals surface area contributed by atoms with Gasteiger partial charge in [0, 0.05) is 10.6 Å². The number of imide groups is 1. The molecule has 3 aromatic rings. The van der Waals surface area contributed by atoms with Crippen molar-refractivity contribution in [3.05, 3.63) is 81.5 Å². The molecule has 4 nitrogen and oxygen atoms in total. The predicted octanol–water partition coefficient (Wildman–Crippen LogP) is 5.88. The van der Waals surface area contributed by atoms with Crippen LogP contribution < -0.4 is 4.74 Å². The van der Waals surface area contributed by atoms with Crippen molar-refractivity contribution in [3.63, 3.8) is 0 Å². The normalized spacial score (nSPS) is 15.6. The number of halogens is 2. The van der Waals surface area contributed by atoms with Crippen molar-refractivity contribution in [1.29, 1.82) is 0 Å². The molecule has 0 aliphatic carbocycles. The van der Waals surface area contributed by atoms with Crippen LogP contribution in [0.15, 0.2) is 59.5 Å². The van der Waals surface area contributed by atoms with Crippen molar-refractivity contribution >= 4 is 51.4 Å². The number of benzene rings is 3. The SMILES string of the molecule is COc1ccc2ccccc2c1/C=C1\SC(=O)N(Cc2ccc(F)cc2Cl)C1=O. The topological polar surface area (TPSA) is 46.6 Å². The third-order valence-electron chi connectivity index (χ3n) is 4.64. The van der Waals surface area contributed by atoms with E-state index in [9.17, 15) is 14.0 Å². The van der Waals surface area contributed by atoms with E-state index >= 15 is 0 Å². The van der Waals surface area contributed by atoms with E-state index in [1.54, 1.807) is 13.2 Å². The third-order valence-corrected chi connectivity index (χ3v) is 5.90. The molecule has 1 heterocycles. The van der Waals surface area contributed by atoms with Crippen molar-refractivity contribution < 1.29 is 18.7 Å². The number of nitrogens with zero attached hydrogens (tertiary/aromatic N) is 1. The van der Waals surface area contributed by atoms with Crippen LogP contribution in [0.25, 0.3) is 16.8 Å². The second kappa shape index (κ2) is 7.89. The lowest BCUT2D eigenvalue weighted by Crippen LogP contribution is -2.27. The lowest BCUT2D eigenvalue weighted by Gasteiger charge is -2.13. The van der Waals surface area contributed by atoms with E-state index in [2.05, 4.69) is 0 Å². The summed E-state index contributed by atoms with van der Waals surface area (Å²) in [6.07, 6.45) is 1.68. The van der Waals surface area contributed by atoms with Crippen LogP contribution in [0, 0.1) is 5.82 Å². The first-order valence-corrected chi connectivity index (χ1v) is 9.92. The fourth-order valence-corrected chi connectivity index (χ4v) is 4.24. The molecule has 3 aromatic carbocycles. The summed E-state index contributed by atoms with van der Waals surface area (Å²) in [4.78, 5) is 26.8. The van der Waals surface area contributed by atoms with Crippen molar-refractivity contribution in [2.75, 3.05) is 7.11 Å². The number of thioether (sulfide) groups is 1. The summed E-state index contributed by atoms with van der Waals surface area (Å²) in [5, 5.41) is 1.68. The zero-order valence-corrected chi connectivity index (χ0v) is 16.9. The zero-order chi connectivity index (χ0) is 20.5. The second-order valence-corrected chi connectivity index (χ2v) is 7.81. The fraction of sp³-hybridized carbons (Fsp3) is 0.0909. The van der Waals surface area contributed by atoms with Gasteiger partial charge in [-0.05, 0) is 52.4 Å². The molecule has 0 spiro atoms. The van der Waals surface area contributed by atoms with Gasteiger partial charge in [-0.2, -0.15) is 0 Å². The minimum atomic E-state index is -0.476. The smallest absolute Gasteiger partial charge is 0.293 e. The average Bonchev–Trinajstić information content (AvgIpc) is 2.97. The highest BCUT2D eigenvalue weighted by molar-refractivity contribution is 8.18. The molecule has 0 atom stereocenters. The maximum atomic E-state index is 13.3. The van der Waals surface area contributed by atoms with E-state index in [1.807, 2.05) is 36.4 Å². The van der Waals surface area contributed by atoms with Gasteiger partial charge in [-0.1, -0.05) is 48.0 Å². The molecule has 2 amide bonds. The van der Waals surface area contributed by atoms with Crippen LogP contribution in [0.4, 0.5) is 9.18 Å². The third kappa shape index (κ3) is 3.73. The van der Waals surface area contributed by atoms with Crippen LogP contribution in [-0.4, -0.2) is 23.2 Å². The van der Waals surface area contributed by atoms with Gasteiger partial charge in [-0.15, -0.1) is 0 Å². The Balaban J connectivity index is 1.70. The Morgan fingerprint density at radius 1 is 1.14 bits per heavy atom. The molecule has 29 heavy (non-hydrogen) atoms. The minimum absolute atomic E-state index is 0.0200. The fourth-order valence-electron chi connectivity index (χ4n) is 3.19. The summed E-state index contributed by atoms with van der Waals surface area (Å²) in [5.41, 5.74) is 1.23. The number of hydrogen-bond donors (Lipinski definition) is 0. The van der Waals surface area contributed by atoms with Crippen molar-refractivity contribution in [2.45, 2.75) is 6.54 Å². The van der Waals surface area contributed by atoms with Gasteiger partial charge in [0.05, 0.1) is 18.6 Å². The molecule has 146 valence electrons. The highest BCUT2D eigenvalue weighted by Gasteiger charge is 2.35. The van der Waals surface area contributed by atoms with E-state index in [1.165, 1.54) is 12.1 Å². The highest BCUT2D eigenvalue weighted by Crippen LogP contribution is 2.37. The molecule has 0 unspecified atom stereocenters. The predicted molar refractivity (Wildman–Crippen MR) is 113 cm³/mol. The highest BCUT2D eigenvalue weighted by atomic mass is 35.5. The van der Waals surface area contributed by atoms with E-state index in [4.69, 9.17) is 16.3 Å². The first-order valence-electron chi connectivity index (χ1n) is 8.73. The Labute approximate surface area is 175 Å². The summed E-state index contributed by atoms with van der Waals surface area (Å²) >= 11 is 6.91. The van der Waals surface area contributed by atoms with E-state index < -0.39 is 17.0 Å². The molecule has 1 aliphatic heterocycles. The molecule has 0 aromatic heterocycles. The molecule has 4 rings (SSSR count). The van der Waals surface area contributed by atoms with Crippen LogP contribution in [-0.2, 0) is 11.3 Å². The Hall–Kier alpha value is -2.83. The molecular weight excluding hydrogens is 413 g/mol. The molecule has 0 N–H and O–H groups in total. The Kier molecular flexibility index (Phi) is 5.30. The van der Waals surface area contributed by atoms with Crippen molar-refractivity contribution in [3.8, 4) is 5.75 Å². The number of rotatable bonds is 4. The number of methoxy groups -OCH3 is 1. The molecular formula is C22H15ClFNO3S. The largest absolute Gasteiger partial charge is 0.496 e. The molecule has 1 aliphatic rings. The van der Waals surface area contributed by atoms with Gasteiger partial charge in [0.15, 0.2) is 0 Å². The number of hydrogen-bond acceptors (Lipinski definition) is 4. The standard InChI is InChI=1S/C22H15ClFNO3S/c1-28-19-9-7-13-4-2-3-5-16(13)17(19)11-20-21(26)25(22(27)29-20)12-14-6-8-15(24)10-18(14)23/h2-11H,12H2,1H3/b20-11-. The molecule has 1 saturated heterocycles. The Morgan fingerprint density at radius 2 is 1.93 bits per heavy atom. The van der Waals surface area contributed by atoms with Crippen LogP contribution in [0.1, 0.15) is 11.1 Å². The summed E-state index contributed by atoms with van der Waals surface area (Å²) in [5.74, 6) is -0.289. The van der Waals surface area contributed by atoms with Gasteiger partial charge in [-0.3, -0.25) is 14.5 Å². The van der Waals surface area contributed by atoms with Gasteiger partial charge in [0.2, 0.25) is 0 Å². The van der Waals surface area contributed by atoms with Gasteiger partial charge in [0.1, 0.15) is 11.6 Å². The second-order valence-electron chi connectivity index (χ2n) is 6.41. The molecule has 0 radical (unpaired) electrons. The van der Waals surface area contributed by atoms with Crippen LogP contribution in [0.3, 0.4) is 0 Å². The Morgan fingerprint density at radius 3 is 2.69 bits per heavy atom. The van der Waals surface area contributed by atoms with Crippen LogP contribution in [0.2, 0.25) is 5.02 Å². The van der Waals surface area contributed by atoms with E-state index in [-0.39, 0.29) is 11.6 Å². The summed E-state index contributed by atoms with van der Waals surface area (Å²) < 4.78 is 18.7. The van der Waals surface area contributed by atoms with Gasteiger partial charge in [0.25, 0.3) is 11.1 Å². The first kappa shape index (κ1) is 19.5. The average molecular weight is 428 g/mol. The van der Waals surface area contributed by atoms with Crippen molar-refractivity contribution in [2.24, 2.45) is 0 Å². The first-order chi connectivity index (χ1) is 14.0. The lowest BCUT2D eigenvalue weighted by molar-refractivity contribution is -0.123. The summed E-state index contributed by atoms with van der Waals surface area (Å²) in [7, 11) is 1.56. The van der Waals surface area contributed by atoms with E-state index in [0.717, 1.165) is 39.1 Å². The maximum Gasteiger partial charge on any atom is 0.293 e. The van der Waals surface area contributed by atoms with Gasteiger partial charge >= 0.3 is 0 Å². The van der Waals surface area contributed by atoms with Crippen LogP contribution in [0.5, 0.6) is 5.75 Å². The molecule has 0 bridgehead atoms. The zero-order valence-electron chi connectivity index (χ0n) is 15.3. The van der Waals surface area contributed by atoms with E-state index in [0.29, 0.717) is 16.2 Å². The maximum absolute atomic E-state index is 13.3. The number of ether oxygens (including phenoxy) is 1. The van der Waals surface area contributed by atoms with Gasteiger partial charge in [-0.25, -0.2) is 4.39 Å². The van der Waals surface area contributed by atoms with Crippen molar-refractivity contribution in [1.82, 2.24) is 4.90 Å². The summed E-state index contributed by atoms with van der Waals surface area (Å²) in [6, 6.07) is 15.4. The number of fused-ring (bicyclic) bond motifs is 1. The monoisotopic (exact) mass is 427 g/mol. The number of carbonyl (C=O) groups excluding carboxylic acids is 2. The van der Waals surface area contributed by atoms with Crippen LogP contribution >= 0.6 is 23.4 Å². The molecule has 7 heteroatoms. The summed E-state index contributed by atoms with van der Waals surface area (Å²) in [6.45, 7) is -0.0200. The molecule has 1 fully saturated rings. The van der Waals surface area contributed by atoms with Gasteiger partial charge < -0.3 is 4.74 Å². The molecule has 0 saturated carbocycles. The lowest BCUT2D eigenvalue weighted by atomic mass is 10.0. The number of amides is 2. The Bertz CT molecular complexity index is 1180. The quantitative estimate of drug-likeness (QED) is 0.488. The minimum Gasteiger partial charge on any atom is -0.496 e.